The van der Waals surface area contributed by atoms with Crippen LogP contribution in [-0.4, -0.2) is 61.5 Å². The maximum absolute atomic E-state index is 11.4. The van der Waals surface area contributed by atoms with Crippen molar-refractivity contribution in [1.29, 1.82) is 0 Å². The molecule has 1 saturated heterocycles. The second-order valence-electron chi connectivity index (χ2n) is 5.92. The molecule has 0 bridgehead atoms. The van der Waals surface area contributed by atoms with Crippen LogP contribution in [0.5, 0.6) is 0 Å². The molecule has 8 heteroatoms. The van der Waals surface area contributed by atoms with Gasteiger partial charge in [-0.1, -0.05) is 30.3 Å². The Morgan fingerprint density at radius 2 is 1.69 bits per heavy atom. The van der Waals surface area contributed by atoms with Gasteiger partial charge < -0.3 is 28.8 Å². The molecule has 8 nitrogen and oxygen atoms in total. The molecule has 0 radical (unpaired) electrons. The van der Waals surface area contributed by atoms with E-state index in [2.05, 4.69) is 0 Å². The fourth-order valence-electron chi connectivity index (χ4n) is 2.73. The highest BCUT2D eigenvalue weighted by Gasteiger charge is 2.49. The first kappa shape index (κ1) is 20.3. The van der Waals surface area contributed by atoms with Gasteiger partial charge in [-0.25, -0.2) is 0 Å². The van der Waals surface area contributed by atoms with Gasteiger partial charge in [0, 0.05) is 21.0 Å². The summed E-state index contributed by atoms with van der Waals surface area (Å²) >= 11 is 0. The van der Waals surface area contributed by atoms with Crippen molar-refractivity contribution in [1.82, 2.24) is 0 Å². The Morgan fingerprint density at radius 3 is 2.27 bits per heavy atom. The number of rotatable bonds is 7. The highest BCUT2D eigenvalue weighted by atomic mass is 16.7. The van der Waals surface area contributed by atoms with Crippen molar-refractivity contribution in [2.24, 2.45) is 0 Å². The van der Waals surface area contributed by atoms with Crippen LogP contribution in [0.1, 0.15) is 19.4 Å². The predicted octanol–water partition coefficient (Wildman–Crippen LogP) is 0.799. The number of methoxy groups -OCH3 is 1. The first-order valence-electron chi connectivity index (χ1n) is 8.24. The molecule has 144 valence electrons. The van der Waals surface area contributed by atoms with Crippen molar-refractivity contribution in [2.45, 2.75) is 51.2 Å². The lowest BCUT2D eigenvalue weighted by Gasteiger charge is -2.42. The summed E-state index contributed by atoms with van der Waals surface area (Å²) in [4.78, 5) is 22.7. The Balaban J connectivity index is 2.05. The molecule has 0 aromatic heterocycles. The predicted molar refractivity (Wildman–Crippen MR) is 88.9 cm³/mol. The Labute approximate surface area is 151 Å². The number of carbonyl (C=O) groups excluding carboxylic acids is 2. The maximum Gasteiger partial charge on any atom is 0.303 e. The molecule has 0 saturated carbocycles. The second-order valence-corrected chi connectivity index (χ2v) is 5.92. The first-order valence-corrected chi connectivity index (χ1v) is 8.24. The SMILES string of the molecule is CO[C@@H]1O[C@H](COCc2ccccc2)[C@H](O)[C@H](OC(C)=O)[C@H]1OC(C)=O. The van der Waals surface area contributed by atoms with E-state index in [-0.39, 0.29) is 6.61 Å². The van der Waals surface area contributed by atoms with Crippen LogP contribution in [-0.2, 0) is 39.9 Å². The zero-order valence-corrected chi connectivity index (χ0v) is 15.0. The first-order chi connectivity index (χ1) is 12.4. The van der Waals surface area contributed by atoms with Crippen LogP contribution in [0.15, 0.2) is 30.3 Å². The molecule has 0 spiro atoms. The fraction of sp³-hybridized carbons (Fsp3) is 0.556. The smallest absolute Gasteiger partial charge is 0.303 e. The highest BCUT2D eigenvalue weighted by molar-refractivity contribution is 5.67. The zero-order chi connectivity index (χ0) is 19.1. The van der Waals surface area contributed by atoms with E-state index >= 15 is 0 Å². The Kier molecular flexibility index (Phi) is 7.52. The molecule has 5 atom stereocenters. The minimum absolute atomic E-state index is 0.0421. The molecule has 26 heavy (non-hydrogen) atoms. The van der Waals surface area contributed by atoms with Crippen molar-refractivity contribution < 1.29 is 38.4 Å². The molecule has 1 fully saturated rings. The van der Waals surface area contributed by atoms with E-state index in [4.69, 9.17) is 23.7 Å². The van der Waals surface area contributed by atoms with Crippen LogP contribution < -0.4 is 0 Å². The summed E-state index contributed by atoms with van der Waals surface area (Å²) in [6.45, 7) is 2.78. The molecule has 1 aliphatic rings. The van der Waals surface area contributed by atoms with Crippen LogP contribution in [0.25, 0.3) is 0 Å². The summed E-state index contributed by atoms with van der Waals surface area (Å²) in [6, 6.07) is 9.51. The summed E-state index contributed by atoms with van der Waals surface area (Å²) < 4.78 is 26.7. The molecular weight excluding hydrogens is 344 g/mol. The van der Waals surface area contributed by atoms with Gasteiger partial charge in [0.2, 0.25) is 0 Å². The normalized spacial score (nSPS) is 28.4. The lowest BCUT2D eigenvalue weighted by atomic mass is 9.98. The summed E-state index contributed by atoms with van der Waals surface area (Å²) in [5.41, 5.74) is 0.968. The van der Waals surface area contributed by atoms with E-state index in [1.807, 2.05) is 30.3 Å². The number of esters is 2. The van der Waals surface area contributed by atoms with Crippen LogP contribution in [0.3, 0.4) is 0 Å². The molecule has 2 rings (SSSR count). The van der Waals surface area contributed by atoms with E-state index in [0.29, 0.717) is 6.61 Å². The standard InChI is InChI=1S/C18H24O8/c1-11(19)24-16-15(21)14(10-23-9-13-7-5-4-6-8-13)26-18(22-3)17(16)25-12(2)20/h4-8,14-18,21H,9-10H2,1-3H3/t14-,15+,16+,17-,18-/m1/s1. The van der Waals surface area contributed by atoms with Gasteiger partial charge in [0.1, 0.15) is 12.2 Å². The highest BCUT2D eigenvalue weighted by Crippen LogP contribution is 2.27. The van der Waals surface area contributed by atoms with Gasteiger partial charge >= 0.3 is 11.9 Å². The minimum atomic E-state index is -1.24. The van der Waals surface area contributed by atoms with Crippen LogP contribution in [0, 0.1) is 0 Å². The molecule has 1 aromatic carbocycles. The molecule has 0 amide bonds. The number of benzene rings is 1. The van der Waals surface area contributed by atoms with Crippen LogP contribution in [0.4, 0.5) is 0 Å². The molecule has 1 N–H and O–H groups in total. The van der Waals surface area contributed by atoms with Gasteiger partial charge in [0.05, 0.1) is 13.2 Å². The summed E-state index contributed by atoms with van der Waals surface area (Å²) in [5, 5.41) is 10.5. The molecule has 0 unspecified atom stereocenters. The average molecular weight is 368 g/mol. The van der Waals surface area contributed by atoms with E-state index in [9.17, 15) is 14.7 Å². The number of aliphatic hydroxyl groups excluding tert-OH is 1. The van der Waals surface area contributed by atoms with E-state index in [1.165, 1.54) is 21.0 Å². The number of aliphatic hydroxyl groups is 1. The van der Waals surface area contributed by atoms with Crippen molar-refractivity contribution in [3.63, 3.8) is 0 Å². The maximum atomic E-state index is 11.4. The Morgan fingerprint density at radius 1 is 1.08 bits per heavy atom. The largest absolute Gasteiger partial charge is 0.455 e. The van der Waals surface area contributed by atoms with E-state index in [0.717, 1.165) is 5.56 Å². The summed E-state index contributed by atoms with van der Waals surface area (Å²) in [7, 11) is 1.37. The number of ether oxygens (including phenoxy) is 5. The van der Waals surface area contributed by atoms with Crippen molar-refractivity contribution in [2.75, 3.05) is 13.7 Å². The lowest BCUT2D eigenvalue weighted by molar-refractivity contribution is -0.302. The third kappa shape index (κ3) is 5.50. The number of hydrogen-bond acceptors (Lipinski definition) is 8. The topological polar surface area (TPSA) is 101 Å². The average Bonchev–Trinajstić information content (AvgIpc) is 2.60. The minimum Gasteiger partial charge on any atom is -0.455 e. The van der Waals surface area contributed by atoms with Gasteiger partial charge in [0.25, 0.3) is 0 Å². The van der Waals surface area contributed by atoms with Crippen molar-refractivity contribution in [3.8, 4) is 0 Å². The Bertz CT molecular complexity index is 590. The van der Waals surface area contributed by atoms with E-state index in [1.54, 1.807) is 0 Å². The third-order valence-corrected chi connectivity index (χ3v) is 3.85. The van der Waals surface area contributed by atoms with Crippen molar-refractivity contribution in [3.05, 3.63) is 35.9 Å². The molecule has 1 heterocycles. The van der Waals surface area contributed by atoms with Gasteiger partial charge in [-0.3, -0.25) is 9.59 Å². The zero-order valence-electron chi connectivity index (χ0n) is 15.0. The molecule has 1 aromatic rings. The molecule has 0 aliphatic carbocycles. The number of carbonyl (C=O) groups is 2. The van der Waals surface area contributed by atoms with Gasteiger partial charge in [-0.15, -0.1) is 0 Å². The molecule has 1 aliphatic heterocycles. The third-order valence-electron chi connectivity index (χ3n) is 3.85. The molecular formula is C18H24O8. The monoisotopic (exact) mass is 368 g/mol. The summed E-state index contributed by atoms with van der Waals surface area (Å²) in [5.74, 6) is -1.23. The van der Waals surface area contributed by atoms with Crippen molar-refractivity contribution >= 4 is 11.9 Å². The van der Waals surface area contributed by atoms with E-state index < -0.39 is 42.6 Å². The van der Waals surface area contributed by atoms with Crippen LogP contribution >= 0.6 is 0 Å². The van der Waals surface area contributed by atoms with Crippen LogP contribution in [0.2, 0.25) is 0 Å². The number of hydrogen-bond donors (Lipinski definition) is 1. The Hall–Kier alpha value is -2.00. The second kappa shape index (κ2) is 9.63. The van der Waals surface area contributed by atoms with Gasteiger partial charge in [-0.2, -0.15) is 0 Å². The summed E-state index contributed by atoms with van der Waals surface area (Å²) in [6.07, 6.45) is -5.27. The quantitative estimate of drug-likeness (QED) is 0.706. The van der Waals surface area contributed by atoms with Gasteiger partial charge in [-0.05, 0) is 5.56 Å². The lowest BCUT2D eigenvalue weighted by Crippen LogP contribution is -2.61. The fourth-order valence-corrected chi connectivity index (χ4v) is 2.73. The van der Waals surface area contributed by atoms with Gasteiger partial charge in [0.15, 0.2) is 18.5 Å².